The summed E-state index contributed by atoms with van der Waals surface area (Å²) < 4.78 is 15.1. The SMILES string of the molecule is O=C1CCCN1c1ccc(N2CCC[C@]3(CCN(C4CCCCC4)C3=O)C2)c(F)c1. The predicted octanol–water partition coefficient (Wildman–Crippen LogP) is 4.10. The molecule has 162 valence electrons. The van der Waals surface area contributed by atoms with Crippen LogP contribution < -0.4 is 9.80 Å². The minimum atomic E-state index is -0.355. The van der Waals surface area contributed by atoms with E-state index in [0.717, 1.165) is 51.6 Å². The molecule has 5 nitrogen and oxygen atoms in total. The van der Waals surface area contributed by atoms with Gasteiger partial charge in [0.2, 0.25) is 11.8 Å². The highest BCUT2D eigenvalue weighted by atomic mass is 19.1. The van der Waals surface area contributed by atoms with E-state index in [9.17, 15) is 9.59 Å². The van der Waals surface area contributed by atoms with Gasteiger partial charge in [0.05, 0.1) is 11.1 Å². The maximum absolute atomic E-state index is 15.1. The van der Waals surface area contributed by atoms with Gasteiger partial charge in [-0.25, -0.2) is 4.39 Å². The van der Waals surface area contributed by atoms with Gasteiger partial charge in [0, 0.05) is 44.3 Å². The van der Waals surface area contributed by atoms with Gasteiger partial charge in [0.25, 0.3) is 0 Å². The van der Waals surface area contributed by atoms with Crippen LogP contribution in [0.4, 0.5) is 15.8 Å². The van der Waals surface area contributed by atoms with Crippen LogP contribution in [0, 0.1) is 11.2 Å². The molecule has 1 aromatic rings. The molecule has 5 rings (SSSR count). The minimum Gasteiger partial charge on any atom is -0.368 e. The number of carbonyl (C=O) groups excluding carboxylic acids is 2. The van der Waals surface area contributed by atoms with Crippen LogP contribution in [0.1, 0.15) is 64.2 Å². The quantitative estimate of drug-likeness (QED) is 0.749. The van der Waals surface area contributed by atoms with Crippen molar-refractivity contribution in [1.82, 2.24) is 4.90 Å². The van der Waals surface area contributed by atoms with E-state index in [1.165, 1.54) is 25.3 Å². The summed E-state index contributed by atoms with van der Waals surface area (Å²) in [5.74, 6) is 0.0797. The van der Waals surface area contributed by atoms with Crippen molar-refractivity contribution in [3.05, 3.63) is 24.0 Å². The summed E-state index contributed by atoms with van der Waals surface area (Å²) in [7, 11) is 0. The van der Waals surface area contributed by atoms with Crippen molar-refractivity contribution >= 4 is 23.2 Å². The van der Waals surface area contributed by atoms with Gasteiger partial charge in [-0.3, -0.25) is 9.59 Å². The number of nitrogens with zero attached hydrogens (tertiary/aromatic N) is 3. The lowest BCUT2D eigenvalue weighted by molar-refractivity contribution is -0.139. The molecule has 1 aromatic carbocycles. The lowest BCUT2D eigenvalue weighted by Gasteiger charge is -2.41. The standard InChI is InChI=1S/C24H32FN3O2/c25-20-16-19(27-14-4-8-22(27)29)9-10-21(20)26-13-5-11-24(17-26)12-15-28(23(24)30)18-6-2-1-3-7-18/h9-10,16,18H,1-8,11-15,17H2/t24-/m0/s1. The molecule has 0 unspecified atom stereocenters. The zero-order chi connectivity index (χ0) is 20.7. The Bertz CT molecular complexity index is 838. The summed E-state index contributed by atoms with van der Waals surface area (Å²) in [6, 6.07) is 5.56. The van der Waals surface area contributed by atoms with Gasteiger partial charge in [0.15, 0.2) is 0 Å². The van der Waals surface area contributed by atoms with Crippen LogP contribution in [-0.2, 0) is 9.59 Å². The van der Waals surface area contributed by atoms with Crippen LogP contribution in [0.25, 0.3) is 0 Å². The fourth-order valence-corrected chi connectivity index (χ4v) is 6.15. The predicted molar refractivity (Wildman–Crippen MR) is 115 cm³/mol. The fourth-order valence-electron chi connectivity index (χ4n) is 6.15. The maximum atomic E-state index is 15.1. The molecule has 3 heterocycles. The monoisotopic (exact) mass is 413 g/mol. The van der Waals surface area contributed by atoms with E-state index in [2.05, 4.69) is 9.80 Å². The Morgan fingerprint density at radius 3 is 2.50 bits per heavy atom. The van der Waals surface area contributed by atoms with E-state index in [-0.39, 0.29) is 17.1 Å². The Balaban J connectivity index is 1.33. The molecule has 1 atom stereocenters. The van der Waals surface area contributed by atoms with Crippen molar-refractivity contribution in [2.75, 3.05) is 36.0 Å². The largest absolute Gasteiger partial charge is 0.368 e. The van der Waals surface area contributed by atoms with Crippen molar-refractivity contribution in [3.8, 4) is 0 Å². The third kappa shape index (κ3) is 3.38. The zero-order valence-electron chi connectivity index (χ0n) is 17.7. The third-order valence-corrected chi connectivity index (χ3v) is 7.80. The first-order chi connectivity index (χ1) is 14.6. The van der Waals surface area contributed by atoms with Gasteiger partial charge in [-0.1, -0.05) is 19.3 Å². The lowest BCUT2D eigenvalue weighted by atomic mass is 9.78. The number of anilines is 2. The highest BCUT2D eigenvalue weighted by molar-refractivity contribution is 5.95. The molecule has 0 aromatic heterocycles. The first kappa shape index (κ1) is 19.8. The van der Waals surface area contributed by atoms with E-state index in [4.69, 9.17) is 0 Å². The zero-order valence-corrected chi connectivity index (χ0v) is 17.7. The van der Waals surface area contributed by atoms with E-state index in [1.807, 2.05) is 6.07 Å². The second-order valence-electron chi connectivity index (χ2n) is 9.63. The third-order valence-electron chi connectivity index (χ3n) is 7.80. The highest BCUT2D eigenvalue weighted by Crippen LogP contribution is 2.44. The van der Waals surface area contributed by atoms with Gasteiger partial charge < -0.3 is 14.7 Å². The Kier molecular flexibility index (Phi) is 5.19. The number of piperidine rings is 1. The fraction of sp³-hybridized carbons (Fsp3) is 0.667. The van der Waals surface area contributed by atoms with Crippen molar-refractivity contribution < 1.29 is 14.0 Å². The summed E-state index contributed by atoms with van der Waals surface area (Å²) in [4.78, 5) is 31.4. The molecular formula is C24H32FN3O2. The lowest BCUT2D eigenvalue weighted by Crippen LogP contribution is -2.50. The van der Waals surface area contributed by atoms with Crippen LogP contribution in [0.15, 0.2) is 18.2 Å². The van der Waals surface area contributed by atoms with E-state index in [0.29, 0.717) is 42.8 Å². The number of hydrogen-bond acceptors (Lipinski definition) is 3. The van der Waals surface area contributed by atoms with Gasteiger partial charge in [-0.15, -0.1) is 0 Å². The van der Waals surface area contributed by atoms with Crippen molar-refractivity contribution in [1.29, 1.82) is 0 Å². The molecule has 1 saturated carbocycles. The Hall–Kier alpha value is -2.11. The highest BCUT2D eigenvalue weighted by Gasteiger charge is 2.50. The van der Waals surface area contributed by atoms with Crippen molar-refractivity contribution in [3.63, 3.8) is 0 Å². The van der Waals surface area contributed by atoms with Crippen molar-refractivity contribution in [2.45, 2.75) is 70.3 Å². The molecule has 1 aliphatic carbocycles. The van der Waals surface area contributed by atoms with Crippen LogP contribution in [0.3, 0.4) is 0 Å². The smallest absolute Gasteiger partial charge is 0.230 e. The van der Waals surface area contributed by atoms with Crippen LogP contribution >= 0.6 is 0 Å². The number of amides is 2. The molecule has 0 N–H and O–H groups in total. The Labute approximate surface area is 178 Å². The molecule has 1 spiro atoms. The summed E-state index contributed by atoms with van der Waals surface area (Å²) in [6.45, 7) is 2.90. The molecule has 30 heavy (non-hydrogen) atoms. The van der Waals surface area contributed by atoms with Gasteiger partial charge in [-0.2, -0.15) is 0 Å². The molecule has 2 amide bonds. The van der Waals surface area contributed by atoms with Crippen LogP contribution in [0.2, 0.25) is 0 Å². The van der Waals surface area contributed by atoms with E-state index < -0.39 is 0 Å². The number of likely N-dealkylation sites (tertiary alicyclic amines) is 1. The molecule has 4 aliphatic rings. The molecule has 6 heteroatoms. The van der Waals surface area contributed by atoms with Gasteiger partial charge >= 0.3 is 0 Å². The minimum absolute atomic E-state index is 0.0680. The Morgan fingerprint density at radius 2 is 1.77 bits per heavy atom. The number of halogens is 1. The first-order valence-corrected chi connectivity index (χ1v) is 11.7. The van der Waals surface area contributed by atoms with Crippen LogP contribution in [0.5, 0.6) is 0 Å². The molecule has 0 bridgehead atoms. The number of rotatable bonds is 3. The second kappa shape index (κ2) is 7.86. The van der Waals surface area contributed by atoms with E-state index in [1.54, 1.807) is 11.0 Å². The molecule has 3 aliphatic heterocycles. The average Bonchev–Trinajstić information content (AvgIpc) is 3.32. The summed E-state index contributed by atoms with van der Waals surface area (Å²) in [5.41, 5.74) is 0.852. The van der Waals surface area contributed by atoms with Crippen LogP contribution in [-0.4, -0.2) is 48.9 Å². The number of carbonyl (C=O) groups is 2. The molecule has 0 radical (unpaired) electrons. The maximum Gasteiger partial charge on any atom is 0.230 e. The average molecular weight is 414 g/mol. The topological polar surface area (TPSA) is 43.9 Å². The Morgan fingerprint density at radius 1 is 0.933 bits per heavy atom. The van der Waals surface area contributed by atoms with E-state index >= 15 is 4.39 Å². The summed E-state index contributed by atoms with van der Waals surface area (Å²) >= 11 is 0. The number of benzene rings is 1. The summed E-state index contributed by atoms with van der Waals surface area (Å²) in [6.07, 6.45) is 10.1. The first-order valence-electron chi connectivity index (χ1n) is 11.7. The normalized spacial score (nSPS) is 28.2. The summed E-state index contributed by atoms with van der Waals surface area (Å²) in [5, 5.41) is 0. The van der Waals surface area contributed by atoms with Crippen molar-refractivity contribution in [2.24, 2.45) is 5.41 Å². The van der Waals surface area contributed by atoms with Gasteiger partial charge in [0.1, 0.15) is 5.82 Å². The molecule has 3 saturated heterocycles. The van der Waals surface area contributed by atoms with Gasteiger partial charge in [-0.05, 0) is 56.7 Å². The molecular weight excluding hydrogens is 381 g/mol. The second-order valence-corrected chi connectivity index (χ2v) is 9.63. The number of hydrogen-bond donors (Lipinski definition) is 0. The molecule has 4 fully saturated rings.